The number of hydrogen-bond acceptors (Lipinski definition) is 6. The fourth-order valence-corrected chi connectivity index (χ4v) is 2.82. The molecule has 1 heterocycles. The molecule has 2 aromatic rings. The number of nitro benzene ring substituents is 1. The average molecular weight is 394 g/mol. The number of carbonyl (C=O) groups excluding carboxylic acids is 1. The molecule has 0 saturated carbocycles. The van der Waals surface area contributed by atoms with Gasteiger partial charge in [-0.2, -0.15) is 0 Å². The molecular formula is C17H13ClFN3O5. The third-order valence-corrected chi connectivity index (χ3v) is 4.18. The number of methoxy groups -OCH3 is 1. The number of anilines is 1. The van der Waals surface area contributed by atoms with E-state index in [4.69, 9.17) is 21.2 Å². The predicted octanol–water partition coefficient (Wildman–Crippen LogP) is 3.53. The summed E-state index contributed by atoms with van der Waals surface area (Å²) in [4.78, 5) is 27.8. The van der Waals surface area contributed by atoms with Gasteiger partial charge in [-0.3, -0.25) is 14.9 Å². The first-order chi connectivity index (χ1) is 12.9. The minimum Gasteiger partial charge on any atom is -0.494 e. The van der Waals surface area contributed by atoms with Crippen LogP contribution in [0.5, 0.6) is 5.75 Å². The molecule has 1 N–H and O–H groups in total. The van der Waals surface area contributed by atoms with Crippen LogP contribution in [0.2, 0.25) is 5.02 Å². The number of nitrogens with zero attached hydrogens (tertiary/aromatic N) is 2. The first-order valence-electron chi connectivity index (χ1n) is 7.71. The Morgan fingerprint density at radius 3 is 2.89 bits per heavy atom. The van der Waals surface area contributed by atoms with E-state index >= 15 is 0 Å². The molecule has 3 rings (SSSR count). The summed E-state index contributed by atoms with van der Waals surface area (Å²) >= 11 is 6.00. The summed E-state index contributed by atoms with van der Waals surface area (Å²) in [5.41, 5.74) is 0.354. The number of non-ortho nitro benzene ring substituents is 1. The van der Waals surface area contributed by atoms with Crippen molar-refractivity contribution in [2.75, 3.05) is 12.4 Å². The molecule has 0 aliphatic carbocycles. The Morgan fingerprint density at radius 1 is 1.44 bits per heavy atom. The van der Waals surface area contributed by atoms with Gasteiger partial charge in [0.05, 0.1) is 40.1 Å². The van der Waals surface area contributed by atoms with Crippen LogP contribution in [0.1, 0.15) is 12.0 Å². The van der Waals surface area contributed by atoms with E-state index in [1.807, 2.05) is 0 Å². The molecule has 1 aliphatic heterocycles. The van der Waals surface area contributed by atoms with Gasteiger partial charge in [0.25, 0.3) is 11.6 Å². The summed E-state index contributed by atoms with van der Waals surface area (Å²) in [6.07, 6.45) is -0.988. The molecule has 27 heavy (non-hydrogen) atoms. The Labute approximate surface area is 157 Å². The molecule has 1 aliphatic rings. The Hall–Kier alpha value is -3.20. The van der Waals surface area contributed by atoms with E-state index < -0.39 is 22.8 Å². The van der Waals surface area contributed by atoms with Gasteiger partial charge in [-0.1, -0.05) is 22.8 Å². The van der Waals surface area contributed by atoms with Gasteiger partial charge in [-0.15, -0.1) is 0 Å². The topological polar surface area (TPSA) is 103 Å². The van der Waals surface area contributed by atoms with Crippen molar-refractivity contribution >= 4 is 34.6 Å². The molecule has 1 amide bonds. The number of nitrogens with one attached hydrogen (secondary N) is 1. The molecule has 0 bridgehead atoms. The maximum absolute atomic E-state index is 14.0. The average Bonchev–Trinajstić information content (AvgIpc) is 3.11. The van der Waals surface area contributed by atoms with E-state index in [9.17, 15) is 19.3 Å². The lowest BCUT2D eigenvalue weighted by Crippen LogP contribution is -2.28. The summed E-state index contributed by atoms with van der Waals surface area (Å²) in [5, 5.41) is 17.3. The number of benzene rings is 2. The second-order valence-electron chi connectivity index (χ2n) is 5.56. The number of ether oxygens (including phenoxy) is 1. The van der Waals surface area contributed by atoms with Crippen LogP contribution in [0.3, 0.4) is 0 Å². The van der Waals surface area contributed by atoms with E-state index in [0.29, 0.717) is 0 Å². The largest absolute Gasteiger partial charge is 0.494 e. The van der Waals surface area contributed by atoms with Gasteiger partial charge in [0, 0.05) is 12.5 Å². The lowest BCUT2D eigenvalue weighted by Gasteiger charge is -2.12. The quantitative estimate of drug-likeness (QED) is 0.618. The smallest absolute Gasteiger partial charge is 0.273 e. The molecule has 0 fully saturated rings. The molecule has 1 atom stereocenters. The predicted molar refractivity (Wildman–Crippen MR) is 95.7 cm³/mol. The molecule has 8 nitrogen and oxygen atoms in total. The maximum Gasteiger partial charge on any atom is 0.273 e. The van der Waals surface area contributed by atoms with Gasteiger partial charge >= 0.3 is 0 Å². The molecule has 0 spiro atoms. The van der Waals surface area contributed by atoms with E-state index in [2.05, 4.69) is 10.5 Å². The first-order valence-corrected chi connectivity index (χ1v) is 8.09. The van der Waals surface area contributed by atoms with Crippen molar-refractivity contribution in [3.05, 3.63) is 62.9 Å². The second-order valence-corrected chi connectivity index (χ2v) is 5.97. The minimum atomic E-state index is -1.00. The van der Waals surface area contributed by atoms with Gasteiger partial charge in [0.1, 0.15) is 11.6 Å². The van der Waals surface area contributed by atoms with Crippen molar-refractivity contribution in [3.8, 4) is 5.75 Å². The van der Waals surface area contributed by atoms with Gasteiger partial charge in [-0.25, -0.2) is 4.39 Å². The summed E-state index contributed by atoms with van der Waals surface area (Å²) in [5.74, 6) is -1.01. The standard InChI is InChI=1S/C17H13ClFN3O5/c1-26-14-7-9(22(24)25)5-6-12(14)20-17(23)15-8-13(21-27-15)16-10(18)3-2-4-11(16)19/h2-7,15H,8H2,1H3,(H,20,23). The fraction of sp³-hybridized carbons (Fsp3) is 0.176. The van der Waals surface area contributed by atoms with Crippen LogP contribution in [0.4, 0.5) is 15.8 Å². The summed E-state index contributed by atoms with van der Waals surface area (Å²) in [7, 11) is 1.32. The Balaban J connectivity index is 1.73. The van der Waals surface area contributed by atoms with Crippen molar-refractivity contribution in [3.63, 3.8) is 0 Å². The van der Waals surface area contributed by atoms with Crippen LogP contribution in [-0.4, -0.2) is 29.8 Å². The number of oxime groups is 1. The van der Waals surface area contributed by atoms with Crippen LogP contribution in [-0.2, 0) is 9.63 Å². The number of hydrogen-bond donors (Lipinski definition) is 1. The molecule has 140 valence electrons. The van der Waals surface area contributed by atoms with E-state index in [1.54, 1.807) is 0 Å². The first kappa shape index (κ1) is 18.6. The molecular weight excluding hydrogens is 381 g/mol. The van der Waals surface area contributed by atoms with Crippen LogP contribution in [0, 0.1) is 15.9 Å². The highest BCUT2D eigenvalue weighted by Crippen LogP contribution is 2.30. The van der Waals surface area contributed by atoms with Gasteiger partial charge < -0.3 is 14.9 Å². The highest BCUT2D eigenvalue weighted by Gasteiger charge is 2.31. The summed E-state index contributed by atoms with van der Waals surface area (Å²) < 4.78 is 19.1. The molecule has 1 unspecified atom stereocenters. The van der Waals surface area contributed by atoms with Crippen molar-refractivity contribution in [1.29, 1.82) is 0 Å². The van der Waals surface area contributed by atoms with E-state index in [1.165, 1.54) is 43.5 Å². The molecule has 0 saturated heterocycles. The zero-order chi connectivity index (χ0) is 19.6. The van der Waals surface area contributed by atoms with Crippen molar-refractivity contribution in [2.24, 2.45) is 5.16 Å². The van der Waals surface area contributed by atoms with Crippen LogP contribution < -0.4 is 10.1 Å². The third-order valence-electron chi connectivity index (χ3n) is 3.87. The summed E-state index contributed by atoms with van der Waals surface area (Å²) in [6, 6.07) is 7.97. The highest BCUT2D eigenvalue weighted by atomic mass is 35.5. The van der Waals surface area contributed by atoms with Crippen molar-refractivity contribution in [2.45, 2.75) is 12.5 Å². The van der Waals surface area contributed by atoms with E-state index in [0.717, 1.165) is 0 Å². The normalized spacial score (nSPS) is 15.7. The van der Waals surface area contributed by atoms with Crippen LogP contribution in [0.25, 0.3) is 0 Å². The Morgan fingerprint density at radius 2 is 2.22 bits per heavy atom. The Bertz CT molecular complexity index is 930. The summed E-state index contributed by atoms with van der Waals surface area (Å²) in [6.45, 7) is 0. The second kappa shape index (κ2) is 7.58. The van der Waals surface area contributed by atoms with Gasteiger partial charge in [0.2, 0.25) is 6.10 Å². The lowest BCUT2D eigenvalue weighted by molar-refractivity contribution is -0.384. The zero-order valence-corrected chi connectivity index (χ0v) is 14.7. The SMILES string of the molecule is COc1cc([N+](=O)[O-])ccc1NC(=O)C1CC(c2c(F)cccc2Cl)=NO1. The number of halogens is 2. The van der Waals surface area contributed by atoms with Crippen molar-refractivity contribution < 1.29 is 23.7 Å². The van der Waals surface area contributed by atoms with Crippen LogP contribution >= 0.6 is 11.6 Å². The minimum absolute atomic E-state index is 0.0157. The fourth-order valence-electron chi connectivity index (χ4n) is 2.55. The molecule has 10 heteroatoms. The van der Waals surface area contributed by atoms with Gasteiger partial charge in [-0.05, 0) is 18.2 Å². The van der Waals surface area contributed by atoms with Gasteiger partial charge in [0.15, 0.2) is 0 Å². The monoisotopic (exact) mass is 393 g/mol. The zero-order valence-electron chi connectivity index (χ0n) is 13.9. The molecule has 0 radical (unpaired) electrons. The maximum atomic E-state index is 14.0. The third kappa shape index (κ3) is 3.82. The highest BCUT2D eigenvalue weighted by molar-refractivity contribution is 6.34. The number of carbonyl (C=O) groups is 1. The number of nitro groups is 1. The lowest BCUT2D eigenvalue weighted by atomic mass is 10.0. The van der Waals surface area contributed by atoms with Crippen molar-refractivity contribution in [1.82, 2.24) is 0 Å². The number of rotatable bonds is 5. The molecule has 2 aromatic carbocycles. The number of amides is 1. The van der Waals surface area contributed by atoms with E-state index in [-0.39, 0.29) is 39.8 Å². The van der Waals surface area contributed by atoms with Crippen LogP contribution in [0.15, 0.2) is 41.6 Å². The Kier molecular flexibility index (Phi) is 5.22. The molecule has 0 aromatic heterocycles.